The van der Waals surface area contributed by atoms with Crippen LogP contribution in [0.1, 0.15) is 16.1 Å². The van der Waals surface area contributed by atoms with Crippen molar-refractivity contribution in [2.24, 2.45) is 0 Å². The van der Waals surface area contributed by atoms with E-state index in [-0.39, 0.29) is 16.2 Å². The number of rotatable bonds is 5. The maximum absolute atomic E-state index is 12.5. The Kier molecular flexibility index (Phi) is 6.03. The Bertz CT molecular complexity index is 1180. The summed E-state index contributed by atoms with van der Waals surface area (Å²) in [7, 11) is 0. The van der Waals surface area contributed by atoms with E-state index in [4.69, 9.17) is 23.2 Å². The first-order chi connectivity index (χ1) is 13.9. The van der Waals surface area contributed by atoms with Crippen molar-refractivity contribution in [1.29, 1.82) is 5.26 Å². The van der Waals surface area contributed by atoms with Crippen molar-refractivity contribution in [2.45, 2.75) is 0 Å². The zero-order chi connectivity index (χ0) is 21.0. The van der Waals surface area contributed by atoms with Crippen molar-refractivity contribution in [1.82, 2.24) is 4.57 Å². The molecule has 3 rings (SSSR count). The topological polar surface area (TPSA) is 95.1 Å². The predicted octanol–water partition coefficient (Wildman–Crippen LogP) is 5.03. The van der Waals surface area contributed by atoms with Gasteiger partial charge in [0.05, 0.1) is 16.3 Å². The van der Waals surface area contributed by atoms with Gasteiger partial charge < -0.3 is 15.0 Å². The maximum Gasteiger partial charge on any atom is 0.335 e. The van der Waals surface area contributed by atoms with Gasteiger partial charge in [-0.05, 0) is 54.6 Å². The predicted molar refractivity (Wildman–Crippen MR) is 111 cm³/mol. The van der Waals surface area contributed by atoms with Crippen molar-refractivity contribution in [2.75, 3.05) is 5.32 Å². The molecule has 0 aliphatic heterocycles. The molecule has 1 aromatic heterocycles. The van der Waals surface area contributed by atoms with E-state index in [1.807, 2.05) is 6.07 Å². The van der Waals surface area contributed by atoms with Crippen molar-refractivity contribution >= 4 is 46.8 Å². The molecule has 144 valence electrons. The van der Waals surface area contributed by atoms with Gasteiger partial charge in [0.2, 0.25) is 0 Å². The van der Waals surface area contributed by atoms with E-state index in [9.17, 15) is 20.0 Å². The SMILES string of the molecule is N#C/C(=C\c1cccn1-c1cccc(C(=O)O)c1)C(=O)Nc1ccc(Cl)cc1Cl. The smallest absolute Gasteiger partial charge is 0.335 e. The molecule has 2 N–H and O–H groups in total. The standard InChI is InChI=1S/C21H13Cl2N3O3/c22-15-6-7-19(18(23)11-15)25-20(27)14(12-24)10-17-5-2-8-26(17)16-4-1-3-13(9-16)21(28)29/h1-11H,(H,25,27)(H,28,29)/b14-10+. The average Bonchev–Trinajstić information content (AvgIpc) is 3.16. The summed E-state index contributed by atoms with van der Waals surface area (Å²) in [4.78, 5) is 23.7. The molecule has 1 amide bonds. The number of amides is 1. The van der Waals surface area contributed by atoms with Crippen molar-refractivity contribution in [3.63, 3.8) is 0 Å². The second-order valence-corrected chi connectivity index (χ2v) is 6.75. The molecule has 0 aliphatic rings. The minimum atomic E-state index is -1.05. The summed E-state index contributed by atoms with van der Waals surface area (Å²) in [6.45, 7) is 0. The van der Waals surface area contributed by atoms with Gasteiger partial charge in [0.15, 0.2) is 0 Å². The molecular weight excluding hydrogens is 413 g/mol. The summed E-state index contributed by atoms with van der Waals surface area (Å²) < 4.78 is 1.67. The number of halogens is 2. The highest BCUT2D eigenvalue weighted by molar-refractivity contribution is 6.36. The van der Waals surface area contributed by atoms with Crippen LogP contribution in [0.15, 0.2) is 66.4 Å². The first-order valence-electron chi connectivity index (χ1n) is 8.28. The molecule has 2 aromatic carbocycles. The van der Waals surface area contributed by atoms with E-state index < -0.39 is 11.9 Å². The third-order valence-electron chi connectivity index (χ3n) is 3.99. The highest BCUT2D eigenvalue weighted by Gasteiger charge is 2.13. The van der Waals surface area contributed by atoms with Crippen LogP contribution in [0.5, 0.6) is 0 Å². The van der Waals surface area contributed by atoms with Crippen LogP contribution >= 0.6 is 23.2 Å². The van der Waals surface area contributed by atoms with Gasteiger partial charge in [-0.3, -0.25) is 4.79 Å². The minimum absolute atomic E-state index is 0.127. The van der Waals surface area contributed by atoms with Crippen molar-refractivity contribution in [3.05, 3.63) is 87.7 Å². The Morgan fingerprint density at radius 2 is 1.90 bits per heavy atom. The molecule has 0 saturated heterocycles. The first kappa shape index (κ1) is 20.2. The number of aromatic carboxylic acids is 1. The van der Waals surface area contributed by atoms with Gasteiger partial charge in [-0.25, -0.2) is 4.79 Å². The van der Waals surface area contributed by atoms with Crippen LogP contribution in [0.4, 0.5) is 5.69 Å². The third-order valence-corrected chi connectivity index (χ3v) is 4.54. The summed E-state index contributed by atoms with van der Waals surface area (Å²) in [5, 5.41) is 21.9. The van der Waals surface area contributed by atoms with Crippen LogP contribution in [0.25, 0.3) is 11.8 Å². The summed E-state index contributed by atoms with van der Waals surface area (Å²) in [5.41, 5.74) is 1.42. The van der Waals surface area contributed by atoms with Crippen molar-refractivity contribution in [3.8, 4) is 11.8 Å². The van der Waals surface area contributed by atoms with Crippen LogP contribution in [-0.2, 0) is 4.79 Å². The van der Waals surface area contributed by atoms with E-state index in [0.29, 0.717) is 22.1 Å². The number of nitriles is 1. The lowest BCUT2D eigenvalue weighted by Crippen LogP contribution is -2.14. The fraction of sp³-hybridized carbons (Fsp3) is 0. The number of aromatic nitrogens is 1. The lowest BCUT2D eigenvalue weighted by atomic mass is 10.2. The molecule has 29 heavy (non-hydrogen) atoms. The van der Waals surface area contributed by atoms with E-state index in [2.05, 4.69) is 5.32 Å². The van der Waals surface area contributed by atoms with Crippen LogP contribution in [-0.4, -0.2) is 21.6 Å². The Morgan fingerprint density at radius 3 is 2.59 bits per heavy atom. The Hall–Kier alpha value is -3.53. The van der Waals surface area contributed by atoms with Gasteiger partial charge in [-0.15, -0.1) is 0 Å². The molecule has 0 atom stereocenters. The zero-order valence-corrected chi connectivity index (χ0v) is 16.3. The molecule has 0 saturated carbocycles. The number of carbonyl (C=O) groups is 2. The second-order valence-electron chi connectivity index (χ2n) is 5.91. The zero-order valence-electron chi connectivity index (χ0n) is 14.8. The largest absolute Gasteiger partial charge is 0.478 e. The van der Waals surface area contributed by atoms with Crippen LogP contribution < -0.4 is 5.32 Å². The highest BCUT2D eigenvalue weighted by atomic mass is 35.5. The van der Waals surface area contributed by atoms with Gasteiger partial charge in [-0.2, -0.15) is 5.26 Å². The minimum Gasteiger partial charge on any atom is -0.478 e. The van der Waals surface area contributed by atoms with Gasteiger partial charge in [0.1, 0.15) is 11.6 Å². The maximum atomic E-state index is 12.5. The summed E-state index contributed by atoms with van der Waals surface area (Å²) >= 11 is 11.9. The average molecular weight is 426 g/mol. The number of nitrogens with zero attached hydrogens (tertiary/aromatic N) is 2. The number of carbonyl (C=O) groups excluding carboxylic acids is 1. The summed E-state index contributed by atoms with van der Waals surface area (Å²) in [6, 6.07) is 16.2. The van der Waals surface area contributed by atoms with Crippen LogP contribution in [0, 0.1) is 11.3 Å². The fourth-order valence-electron chi connectivity index (χ4n) is 2.61. The van der Waals surface area contributed by atoms with E-state index in [1.54, 1.807) is 41.1 Å². The van der Waals surface area contributed by atoms with E-state index in [1.165, 1.54) is 30.3 Å². The Labute approximate surface area is 176 Å². The van der Waals surface area contributed by atoms with Crippen molar-refractivity contribution < 1.29 is 14.7 Å². The lowest BCUT2D eigenvalue weighted by molar-refractivity contribution is -0.112. The summed E-state index contributed by atoms with van der Waals surface area (Å²) in [6.07, 6.45) is 3.11. The number of nitrogens with one attached hydrogen (secondary N) is 1. The van der Waals surface area contributed by atoms with E-state index >= 15 is 0 Å². The van der Waals surface area contributed by atoms with Crippen LogP contribution in [0.2, 0.25) is 10.0 Å². The highest BCUT2D eigenvalue weighted by Crippen LogP contribution is 2.26. The number of carboxylic acid groups (broad SMARTS) is 1. The molecular formula is C21H13Cl2N3O3. The molecule has 0 radical (unpaired) electrons. The molecule has 1 heterocycles. The molecule has 3 aromatic rings. The van der Waals surface area contributed by atoms with Gasteiger partial charge in [0.25, 0.3) is 5.91 Å². The number of carboxylic acids is 1. The Balaban J connectivity index is 1.92. The molecule has 0 unspecified atom stereocenters. The molecule has 0 spiro atoms. The Morgan fingerprint density at radius 1 is 1.10 bits per heavy atom. The van der Waals surface area contributed by atoms with Gasteiger partial charge >= 0.3 is 5.97 Å². The van der Waals surface area contributed by atoms with E-state index in [0.717, 1.165) is 0 Å². The third kappa shape index (κ3) is 4.66. The molecule has 0 bridgehead atoms. The number of benzene rings is 2. The van der Waals surface area contributed by atoms with Gasteiger partial charge in [0, 0.05) is 22.6 Å². The quantitative estimate of drug-likeness (QED) is 0.442. The monoisotopic (exact) mass is 425 g/mol. The normalized spacial score (nSPS) is 11.0. The molecule has 8 heteroatoms. The fourth-order valence-corrected chi connectivity index (χ4v) is 3.07. The number of anilines is 1. The van der Waals surface area contributed by atoms with Crippen LogP contribution in [0.3, 0.4) is 0 Å². The lowest BCUT2D eigenvalue weighted by Gasteiger charge is -2.09. The summed E-state index contributed by atoms with van der Waals surface area (Å²) in [5.74, 6) is -1.68. The second kappa shape index (κ2) is 8.65. The molecule has 6 nitrogen and oxygen atoms in total. The first-order valence-corrected chi connectivity index (χ1v) is 9.04. The van der Waals surface area contributed by atoms with Gasteiger partial charge in [-0.1, -0.05) is 29.3 Å². The number of hydrogen-bond donors (Lipinski definition) is 2. The number of hydrogen-bond acceptors (Lipinski definition) is 3. The molecule has 0 aliphatic carbocycles. The molecule has 0 fully saturated rings.